The predicted molar refractivity (Wildman–Crippen MR) is 54.5 cm³/mol. The van der Waals surface area contributed by atoms with Crippen LogP contribution in [-0.4, -0.2) is 21.5 Å². The highest BCUT2D eigenvalue weighted by Crippen LogP contribution is 2.10. The lowest BCUT2D eigenvalue weighted by Gasteiger charge is -2.01. The second-order valence-corrected chi connectivity index (χ2v) is 3.53. The van der Waals surface area contributed by atoms with E-state index in [4.69, 9.17) is 4.84 Å². The van der Waals surface area contributed by atoms with Gasteiger partial charge in [-0.3, -0.25) is 4.40 Å². The van der Waals surface area contributed by atoms with Crippen molar-refractivity contribution in [2.75, 3.05) is 7.11 Å². The Balaban J connectivity index is 2.40. The Labute approximate surface area is 89.2 Å². The zero-order valence-corrected chi connectivity index (χ0v) is 9.15. The molecule has 0 bridgehead atoms. The van der Waals surface area contributed by atoms with Gasteiger partial charge in [-0.25, -0.2) is 9.97 Å². The molecule has 0 aliphatic heterocycles. The smallest absolute Gasteiger partial charge is 0.155 e. The normalized spacial score (nSPS) is 11.0. The van der Waals surface area contributed by atoms with Crippen molar-refractivity contribution in [2.24, 2.45) is 0 Å². The molecule has 0 aliphatic rings. The van der Waals surface area contributed by atoms with Crippen LogP contribution in [-0.2, 0) is 11.4 Å². The lowest BCUT2D eigenvalue weighted by Crippen LogP contribution is -2.12. The molecule has 0 fully saturated rings. The number of hydroxylamine groups is 1. The van der Waals surface area contributed by atoms with Gasteiger partial charge in [0, 0.05) is 6.20 Å². The summed E-state index contributed by atoms with van der Waals surface area (Å²) in [5, 5.41) is 0. The van der Waals surface area contributed by atoms with Gasteiger partial charge in [-0.15, -0.1) is 0 Å². The van der Waals surface area contributed by atoms with Crippen molar-refractivity contribution >= 4 is 21.6 Å². The van der Waals surface area contributed by atoms with Gasteiger partial charge in [0.05, 0.1) is 31.7 Å². The molecule has 6 heteroatoms. The molecule has 0 radical (unpaired) electrons. The fourth-order valence-corrected chi connectivity index (χ4v) is 1.50. The van der Waals surface area contributed by atoms with E-state index < -0.39 is 0 Å². The van der Waals surface area contributed by atoms with E-state index in [9.17, 15) is 0 Å². The van der Waals surface area contributed by atoms with Gasteiger partial charge in [-0.1, -0.05) is 0 Å². The molecule has 0 amide bonds. The van der Waals surface area contributed by atoms with Crippen molar-refractivity contribution in [1.29, 1.82) is 0 Å². The molecular weight excluding hydrogens is 248 g/mol. The van der Waals surface area contributed by atoms with Crippen LogP contribution in [0, 0.1) is 0 Å². The molecule has 5 nitrogen and oxygen atoms in total. The van der Waals surface area contributed by atoms with Gasteiger partial charge in [-0.05, 0) is 15.9 Å². The second kappa shape index (κ2) is 4.04. The van der Waals surface area contributed by atoms with Crippen LogP contribution in [0.2, 0.25) is 0 Å². The summed E-state index contributed by atoms with van der Waals surface area (Å²) in [5.41, 5.74) is 4.60. The Bertz CT molecular complexity index is 442. The van der Waals surface area contributed by atoms with Crippen LogP contribution in [0.1, 0.15) is 5.69 Å². The van der Waals surface area contributed by atoms with Crippen molar-refractivity contribution in [3.63, 3.8) is 0 Å². The van der Waals surface area contributed by atoms with E-state index in [0.717, 1.165) is 15.9 Å². The van der Waals surface area contributed by atoms with Crippen LogP contribution in [0.25, 0.3) is 5.65 Å². The quantitative estimate of drug-likeness (QED) is 0.838. The number of imidazole rings is 1. The summed E-state index contributed by atoms with van der Waals surface area (Å²) in [4.78, 5) is 13.1. The Morgan fingerprint density at radius 1 is 1.50 bits per heavy atom. The average molecular weight is 257 g/mol. The minimum absolute atomic E-state index is 0.605. The van der Waals surface area contributed by atoms with Gasteiger partial charge in [0.2, 0.25) is 0 Å². The maximum Gasteiger partial charge on any atom is 0.155 e. The first-order valence-electron chi connectivity index (χ1n) is 4.04. The molecule has 0 saturated heterocycles. The fourth-order valence-electron chi connectivity index (χ4n) is 1.19. The van der Waals surface area contributed by atoms with Crippen LogP contribution >= 0.6 is 15.9 Å². The number of nitrogens with one attached hydrogen (secondary N) is 1. The number of fused-ring (bicyclic) bond motifs is 1. The molecule has 14 heavy (non-hydrogen) atoms. The summed E-state index contributed by atoms with van der Waals surface area (Å²) in [7, 11) is 1.58. The minimum atomic E-state index is 0.605. The van der Waals surface area contributed by atoms with Gasteiger partial charge in [-0.2, -0.15) is 5.48 Å². The second-order valence-electron chi connectivity index (χ2n) is 2.71. The number of hydrogen-bond donors (Lipinski definition) is 1. The molecular formula is C8H9BrN4O. The number of rotatable bonds is 3. The molecule has 2 aromatic heterocycles. The molecule has 2 heterocycles. The monoisotopic (exact) mass is 256 g/mol. The number of aromatic nitrogens is 3. The van der Waals surface area contributed by atoms with Crippen molar-refractivity contribution in [1.82, 2.24) is 19.8 Å². The van der Waals surface area contributed by atoms with E-state index in [1.54, 1.807) is 19.5 Å². The van der Waals surface area contributed by atoms with Gasteiger partial charge < -0.3 is 4.84 Å². The summed E-state index contributed by atoms with van der Waals surface area (Å²) < 4.78 is 2.73. The Morgan fingerprint density at radius 2 is 2.36 bits per heavy atom. The lowest BCUT2D eigenvalue weighted by atomic mass is 10.5. The SMILES string of the molecule is CONCc1cnc2cnc(Br)cn12. The highest BCUT2D eigenvalue weighted by atomic mass is 79.9. The van der Waals surface area contributed by atoms with Crippen molar-refractivity contribution in [2.45, 2.75) is 6.54 Å². The average Bonchev–Trinajstić information content (AvgIpc) is 2.57. The number of hydrogen-bond acceptors (Lipinski definition) is 4. The predicted octanol–water partition coefficient (Wildman–Crippen LogP) is 1.14. The molecule has 74 valence electrons. The standard InChI is InChI=1S/C8H9BrN4O/c1-14-12-3-6-2-11-8-4-10-7(9)5-13(6)8/h2,4-5,12H,3H2,1H3. The maximum atomic E-state index is 4.78. The van der Waals surface area contributed by atoms with Crippen LogP contribution in [0.4, 0.5) is 0 Å². The summed E-state index contributed by atoms with van der Waals surface area (Å²) in [6.07, 6.45) is 5.37. The molecule has 1 N–H and O–H groups in total. The molecule has 2 aromatic rings. The molecule has 0 saturated carbocycles. The Morgan fingerprint density at radius 3 is 3.14 bits per heavy atom. The van der Waals surface area contributed by atoms with Crippen molar-refractivity contribution in [3.05, 3.63) is 28.9 Å². The van der Waals surface area contributed by atoms with E-state index in [2.05, 4.69) is 31.4 Å². The van der Waals surface area contributed by atoms with E-state index >= 15 is 0 Å². The Hall–Kier alpha value is -0.980. The zero-order chi connectivity index (χ0) is 9.97. The van der Waals surface area contributed by atoms with Gasteiger partial charge in [0.25, 0.3) is 0 Å². The molecule has 0 spiro atoms. The maximum absolute atomic E-state index is 4.78. The Kier molecular flexibility index (Phi) is 2.76. The lowest BCUT2D eigenvalue weighted by molar-refractivity contribution is 0.0856. The molecule has 0 unspecified atom stereocenters. The van der Waals surface area contributed by atoms with E-state index in [-0.39, 0.29) is 0 Å². The summed E-state index contributed by atoms with van der Waals surface area (Å²) in [5.74, 6) is 0. The highest BCUT2D eigenvalue weighted by Gasteiger charge is 2.03. The molecule has 2 rings (SSSR count). The first-order chi connectivity index (χ1) is 6.81. The number of nitrogens with zero attached hydrogens (tertiary/aromatic N) is 3. The largest absolute Gasteiger partial charge is 0.305 e. The van der Waals surface area contributed by atoms with Crippen LogP contribution in [0.3, 0.4) is 0 Å². The van der Waals surface area contributed by atoms with Crippen LogP contribution in [0.15, 0.2) is 23.2 Å². The first kappa shape index (κ1) is 9.57. The third kappa shape index (κ3) is 1.77. The summed E-state index contributed by atoms with van der Waals surface area (Å²) in [6, 6.07) is 0. The minimum Gasteiger partial charge on any atom is -0.305 e. The number of halogens is 1. The zero-order valence-electron chi connectivity index (χ0n) is 7.57. The third-order valence-corrected chi connectivity index (χ3v) is 2.25. The van der Waals surface area contributed by atoms with E-state index in [1.165, 1.54) is 0 Å². The van der Waals surface area contributed by atoms with Gasteiger partial charge in [0.15, 0.2) is 5.65 Å². The topological polar surface area (TPSA) is 51.5 Å². The van der Waals surface area contributed by atoms with Crippen molar-refractivity contribution in [3.8, 4) is 0 Å². The van der Waals surface area contributed by atoms with Crippen molar-refractivity contribution < 1.29 is 4.84 Å². The molecule has 0 atom stereocenters. The summed E-state index contributed by atoms with van der Waals surface area (Å²) >= 11 is 3.31. The summed E-state index contributed by atoms with van der Waals surface area (Å²) in [6.45, 7) is 0.605. The first-order valence-corrected chi connectivity index (χ1v) is 4.84. The van der Waals surface area contributed by atoms with Gasteiger partial charge in [0.1, 0.15) is 4.60 Å². The molecule has 0 aliphatic carbocycles. The third-order valence-electron chi connectivity index (χ3n) is 1.84. The fraction of sp³-hybridized carbons (Fsp3) is 0.250. The molecule has 0 aromatic carbocycles. The van der Waals surface area contributed by atoms with Crippen LogP contribution in [0.5, 0.6) is 0 Å². The highest BCUT2D eigenvalue weighted by molar-refractivity contribution is 9.10. The van der Waals surface area contributed by atoms with E-state index in [0.29, 0.717) is 6.54 Å². The van der Waals surface area contributed by atoms with E-state index in [1.807, 2.05) is 10.6 Å². The van der Waals surface area contributed by atoms with Crippen LogP contribution < -0.4 is 5.48 Å². The van der Waals surface area contributed by atoms with Gasteiger partial charge >= 0.3 is 0 Å².